The van der Waals surface area contributed by atoms with E-state index < -0.39 is 28.8 Å². The fourth-order valence-corrected chi connectivity index (χ4v) is 5.58. The van der Waals surface area contributed by atoms with Gasteiger partial charge in [-0.1, -0.05) is 26.8 Å². The van der Waals surface area contributed by atoms with Crippen LogP contribution < -0.4 is 0 Å². The molecule has 3 rings (SSSR count). The van der Waals surface area contributed by atoms with Gasteiger partial charge in [0.25, 0.3) is 0 Å². The van der Waals surface area contributed by atoms with E-state index in [9.17, 15) is 14.7 Å². The molecule has 0 aromatic carbocycles. The highest BCUT2D eigenvalue weighted by Gasteiger charge is 2.73. The minimum Gasteiger partial charge on any atom is -0.462 e. The van der Waals surface area contributed by atoms with E-state index in [2.05, 4.69) is 0 Å². The van der Waals surface area contributed by atoms with Crippen LogP contribution >= 0.6 is 0 Å². The molecule has 7 atom stereocenters. The van der Waals surface area contributed by atoms with E-state index >= 15 is 0 Å². The van der Waals surface area contributed by atoms with Crippen molar-refractivity contribution in [3.05, 3.63) is 11.6 Å². The molecule has 0 aromatic rings. The molecule has 2 aliphatic carbocycles. The summed E-state index contributed by atoms with van der Waals surface area (Å²) in [5.74, 6) is -1.09. The first-order valence-electron chi connectivity index (χ1n) is 10.3. The number of aliphatic hydroxyl groups is 1. The maximum Gasteiger partial charge on any atom is 0.333 e. The van der Waals surface area contributed by atoms with Gasteiger partial charge in [-0.25, -0.2) is 4.79 Å². The van der Waals surface area contributed by atoms with Crippen LogP contribution in [0.5, 0.6) is 0 Å². The maximum absolute atomic E-state index is 12.6. The molecule has 0 amide bonds. The Kier molecular flexibility index (Phi) is 5.20. The lowest BCUT2D eigenvalue weighted by Gasteiger charge is -2.45. The molecule has 158 valence electrons. The average molecular weight is 395 g/mol. The zero-order chi connectivity index (χ0) is 21.1. The zero-order valence-corrected chi connectivity index (χ0v) is 18.1. The van der Waals surface area contributed by atoms with Crippen molar-refractivity contribution in [2.45, 2.75) is 97.2 Å². The third kappa shape index (κ3) is 3.18. The zero-order valence-electron chi connectivity index (χ0n) is 18.1. The standard InChI is InChI=1S/C22H34O6/c1-8-13(4)19(24)27-17-18-21(7,28-18)11-15(26-14(5)23)16-20(17,6)9-10-22(16,25)12(2)3/h8,12,15-18,25H,9-11H2,1-7H3/b13-8+/t15-,16-,17+,18+,20+,21+,22+/m1/s1. The Morgan fingerprint density at radius 1 is 1.18 bits per heavy atom. The van der Waals surface area contributed by atoms with Gasteiger partial charge in [0.15, 0.2) is 0 Å². The lowest BCUT2D eigenvalue weighted by atomic mass is 9.66. The van der Waals surface area contributed by atoms with Crippen LogP contribution in [0.2, 0.25) is 0 Å². The van der Waals surface area contributed by atoms with Gasteiger partial charge in [0.2, 0.25) is 0 Å². The number of carbonyl (C=O) groups excluding carboxylic acids is 2. The minimum absolute atomic E-state index is 0.0193. The van der Waals surface area contributed by atoms with Crippen molar-refractivity contribution in [1.29, 1.82) is 0 Å². The molecule has 3 fully saturated rings. The first-order valence-corrected chi connectivity index (χ1v) is 10.3. The number of rotatable bonds is 4. The quantitative estimate of drug-likeness (QED) is 0.448. The monoisotopic (exact) mass is 394 g/mol. The van der Waals surface area contributed by atoms with Crippen molar-refractivity contribution in [3.8, 4) is 0 Å². The van der Waals surface area contributed by atoms with E-state index in [-0.39, 0.29) is 29.9 Å². The molecule has 0 unspecified atom stereocenters. The summed E-state index contributed by atoms with van der Waals surface area (Å²) in [4.78, 5) is 24.5. The summed E-state index contributed by atoms with van der Waals surface area (Å²) in [5, 5.41) is 11.6. The molecule has 1 aliphatic heterocycles. The fourth-order valence-electron chi connectivity index (χ4n) is 5.58. The van der Waals surface area contributed by atoms with Gasteiger partial charge >= 0.3 is 11.9 Å². The summed E-state index contributed by atoms with van der Waals surface area (Å²) in [5.41, 5.74) is -1.54. The minimum atomic E-state index is -0.998. The maximum atomic E-state index is 12.6. The van der Waals surface area contributed by atoms with Crippen molar-refractivity contribution in [2.24, 2.45) is 17.3 Å². The van der Waals surface area contributed by atoms with Crippen LogP contribution in [0.15, 0.2) is 11.6 Å². The van der Waals surface area contributed by atoms with Gasteiger partial charge < -0.3 is 19.3 Å². The van der Waals surface area contributed by atoms with Crippen LogP contribution in [0.4, 0.5) is 0 Å². The molecular formula is C22H34O6. The smallest absolute Gasteiger partial charge is 0.333 e. The Morgan fingerprint density at radius 3 is 2.36 bits per heavy atom. The van der Waals surface area contributed by atoms with Gasteiger partial charge in [-0.05, 0) is 39.5 Å². The third-order valence-electron chi connectivity index (χ3n) is 7.46. The summed E-state index contributed by atoms with van der Waals surface area (Å²) < 4.78 is 17.8. The lowest BCUT2D eigenvalue weighted by Crippen LogP contribution is -2.54. The van der Waals surface area contributed by atoms with Crippen LogP contribution in [-0.2, 0) is 23.8 Å². The predicted octanol–water partition coefficient (Wildman–Crippen LogP) is 3.16. The average Bonchev–Trinajstić information content (AvgIpc) is 3.17. The highest BCUT2D eigenvalue weighted by atomic mass is 16.6. The molecule has 0 radical (unpaired) electrons. The van der Waals surface area contributed by atoms with E-state index in [1.807, 2.05) is 27.7 Å². The van der Waals surface area contributed by atoms with Crippen LogP contribution in [0.3, 0.4) is 0 Å². The van der Waals surface area contributed by atoms with Crippen molar-refractivity contribution in [2.75, 3.05) is 0 Å². The van der Waals surface area contributed by atoms with Crippen molar-refractivity contribution in [1.82, 2.24) is 0 Å². The highest BCUT2D eigenvalue weighted by Crippen LogP contribution is 2.64. The topological polar surface area (TPSA) is 85.4 Å². The van der Waals surface area contributed by atoms with Crippen LogP contribution in [0.1, 0.15) is 67.7 Å². The van der Waals surface area contributed by atoms with Crippen molar-refractivity contribution >= 4 is 11.9 Å². The van der Waals surface area contributed by atoms with Gasteiger partial charge in [-0.3, -0.25) is 4.79 Å². The summed E-state index contributed by atoms with van der Waals surface area (Å²) >= 11 is 0. The molecule has 2 saturated carbocycles. The first-order chi connectivity index (χ1) is 12.9. The second-order valence-electron chi connectivity index (χ2n) is 9.63. The molecular weight excluding hydrogens is 360 g/mol. The Balaban J connectivity index is 2.06. The van der Waals surface area contributed by atoms with Gasteiger partial charge in [-0.2, -0.15) is 0 Å². The van der Waals surface area contributed by atoms with Crippen LogP contribution in [0, 0.1) is 17.3 Å². The van der Waals surface area contributed by atoms with E-state index in [0.29, 0.717) is 24.8 Å². The highest BCUT2D eigenvalue weighted by molar-refractivity contribution is 5.87. The number of carbonyl (C=O) groups is 2. The molecule has 28 heavy (non-hydrogen) atoms. The SMILES string of the molecule is C/C=C(\C)C(=O)O[C@H]1[C@@H]2O[C@@]2(C)C[C@@H](OC(C)=O)[C@@H]2[C@]1(C)CC[C@]2(O)C(C)C. The molecule has 3 aliphatic rings. The fraction of sp³-hybridized carbons (Fsp3) is 0.818. The Labute approximate surface area is 167 Å². The van der Waals surface area contributed by atoms with E-state index in [0.717, 1.165) is 0 Å². The largest absolute Gasteiger partial charge is 0.462 e. The second kappa shape index (κ2) is 6.84. The Hall–Kier alpha value is -1.40. The normalized spacial score (nSPS) is 45.1. The number of fused-ring (bicyclic) bond motifs is 2. The number of ether oxygens (including phenoxy) is 3. The van der Waals surface area contributed by atoms with Gasteiger partial charge in [-0.15, -0.1) is 0 Å². The summed E-state index contributed by atoms with van der Waals surface area (Å²) in [6, 6.07) is 0. The van der Waals surface area contributed by atoms with E-state index in [4.69, 9.17) is 14.2 Å². The number of hydrogen-bond donors (Lipinski definition) is 1. The van der Waals surface area contributed by atoms with E-state index in [1.54, 1.807) is 19.9 Å². The molecule has 6 nitrogen and oxygen atoms in total. The third-order valence-corrected chi connectivity index (χ3v) is 7.46. The Bertz CT molecular complexity index is 699. The van der Waals surface area contributed by atoms with E-state index in [1.165, 1.54) is 6.92 Å². The lowest BCUT2D eigenvalue weighted by molar-refractivity contribution is -0.181. The van der Waals surface area contributed by atoms with Crippen molar-refractivity contribution < 1.29 is 28.9 Å². The summed E-state index contributed by atoms with van der Waals surface area (Å²) in [6.45, 7) is 12.9. The molecule has 6 heteroatoms. The van der Waals surface area contributed by atoms with Crippen LogP contribution in [-0.4, -0.2) is 46.6 Å². The Morgan fingerprint density at radius 2 is 1.82 bits per heavy atom. The molecule has 1 heterocycles. The summed E-state index contributed by atoms with van der Waals surface area (Å²) in [7, 11) is 0. The molecule has 0 spiro atoms. The van der Waals surface area contributed by atoms with Crippen molar-refractivity contribution in [3.63, 3.8) is 0 Å². The number of epoxide rings is 1. The molecule has 0 aromatic heterocycles. The molecule has 1 N–H and O–H groups in total. The van der Waals surface area contributed by atoms with Gasteiger partial charge in [0.1, 0.15) is 18.3 Å². The molecule has 0 bridgehead atoms. The van der Waals surface area contributed by atoms with Gasteiger partial charge in [0.05, 0.1) is 11.2 Å². The number of esters is 2. The predicted molar refractivity (Wildman–Crippen MR) is 103 cm³/mol. The molecule has 1 saturated heterocycles. The number of hydrogen-bond acceptors (Lipinski definition) is 6. The summed E-state index contributed by atoms with van der Waals surface area (Å²) in [6.07, 6.45) is 2.22. The number of allylic oxidation sites excluding steroid dienone is 1. The second-order valence-corrected chi connectivity index (χ2v) is 9.63. The van der Waals surface area contributed by atoms with Gasteiger partial charge in [0, 0.05) is 30.3 Å². The van der Waals surface area contributed by atoms with Crippen LogP contribution in [0.25, 0.3) is 0 Å². The first kappa shape index (κ1) is 21.3.